The number of carboxylic acid groups (broad SMARTS) is 1. The molecule has 0 spiro atoms. The van der Waals surface area contributed by atoms with Crippen molar-refractivity contribution in [2.24, 2.45) is 7.05 Å². The Balaban J connectivity index is 2.55. The Kier molecular flexibility index (Phi) is 3.09. The van der Waals surface area contributed by atoms with Gasteiger partial charge >= 0.3 is 5.97 Å². The summed E-state index contributed by atoms with van der Waals surface area (Å²) in [7, 11) is 1.60. The van der Waals surface area contributed by atoms with Crippen molar-refractivity contribution in [3.05, 3.63) is 18.0 Å². The van der Waals surface area contributed by atoms with E-state index in [2.05, 4.69) is 10.1 Å². The Bertz CT molecular complexity index is 597. The molecule has 0 aliphatic carbocycles. The van der Waals surface area contributed by atoms with E-state index in [0.29, 0.717) is 5.65 Å². The Morgan fingerprint density at radius 3 is 2.89 bits per heavy atom. The number of pyridine rings is 1. The van der Waals surface area contributed by atoms with E-state index >= 15 is 0 Å². The van der Waals surface area contributed by atoms with Crippen LogP contribution >= 0.6 is 0 Å². The molecule has 0 aromatic carbocycles. The number of hydrogen-bond donors (Lipinski definition) is 1. The van der Waals surface area contributed by atoms with Crippen LogP contribution in [0.1, 0.15) is 10.4 Å². The number of aromatic nitrogens is 3. The standard InChI is InChI=1S/C10H9F2N3O3/c1-15-9-5(3-14-15)8(18-4-7(11)12)6(2-13-9)10(16)17/h2-3,7H,4H2,1H3,(H,16,17). The van der Waals surface area contributed by atoms with Crippen LogP contribution in [0.25, 0.3) is 11.0 Å². The summed E-state index contributed by atoms with van der Waals surface area (Å²) in [6.07, 6.45) is -0.297. The van der Waals surface area contributed by atoms with E-state index in [1.165, 1.54) is 10.9 Å². The first-order valence-electron chi connectivity index (χ1n) is 4.95. The number of ether oxygens (including phenoxy) is 1. The third-order valence-corrected chi connectivity index (χ3v) is 2.30. The first-order chi connectivity index (χ1) is 8.50. The first kappa shape index (κ1) is 12.2. The van der Waals surface area contributed by atoms with Crippen molar-refractivity contribution >= 4 is 17.0 Å². The number of carboxylic acids is 1. The lowest BCUT2D eigenvalue weighted by atomic mass is 10.2. The number of aromatic carboxylic acids is 1. The van der Waals surface area contributed by atoms with Gasteiger partial charge in [-0.15, -0.1) is 0 Å². The molecule has 0 aliphatic heterocycles. The summed E-state index contributed by atoms with van der Waals surface area (Å²) < 4.78 is 30.6. The fourth-order valence-corrected chi connectivity index (χ4v) is 1.53. The minimum absolute atomic E-state index is 0.138. The number of aryl methyl sites for hydroxylation is 1. The molecule has 2 heterocycles. The summed E-state index contributed by atoms with van der Waals surface area (Å²) in [4.78, 5) is 14.9. The van der Waals surface area contributed by atoms with Gasteiger partial charge in [0.05, 0.1) is 11.6 Å². The topological polar surface area (TPSA) is 77.2 Å². The molecule has 0 aliphatic rings. The SMILES string of the molecule is Cn1ncc2c(OCC(F)F)c(C(=O)O)cnc21. The molecule has 18 heavy (non-hydrogen) atoms. The molecule has 0 atom stereocenters. The van der Waals surface area contributed by atoms with E-state index in [1.54, 1.807) is 7.05 Å². The van der Waals surface area contributed by atoms with E-state index in [0.717, 1.165) is 6.20 Å². The van der Waals surface area contributed by atoms with Gasteiger partial charge in [-0.2, -0.15) is 5.10 Å². The van der Waals surface area contributed by atoms with Crippen molar-refractivity contribution < 1.29 is 23.4 Å². The molecule has 0 saturated heterocycles. The Labute approximate surface area is 99.8 Å². The fraction of sp³-hybridized carbons (Fsp3) is 0.300. The summed E-state index contributed by atoms with van der Waals surface area (Å²) in [5, 5.41) is 13.1. The van der Waals surface area contributed by atoms with Gasteiger partial charge in [-0.1, -0.05) is 0 Å². The van der Waals surface area contributed by atoms with Crippen molar-refractivity contribution in [2.45, 2.75) is 6.43 Å². The van der Waals surface area contributed by atoms with Gasteiger partial charge in [-0.3, -0.25) is 4.68 Å². The average Bonchev–Trinajstić information content (AvgIpc) is 2.68. The predicted molar refractivity (Wildman–Crippen MR) is 57.0 cm³/mol. The summed E-state index contributed by atoms with van der Waals surface area (Å²) >= 11 is 0. The summed E-state index contributed by atoms with van der Waals surface area (Å²) in [6.45, 7) is -0.881. The lowest BCUT2D eigenvalue weighted by Crippen LogP contribution is -2.11. The molecular formula is C10H9F2N3O3. The van der Waals surface area contributed by atoms with Gasteiger partial charge in [0.2, 0.25) is 0 Å². The van der Waals surface area contributed by atoms with Crippen molar-refractivity contribution in [3.8, 4) is 5.75 Å². The van der Waals surface area contributed by atoms with Crippen LogP contribution in [0.2, 0.25) is 0 Å². The zero-order valence-electron chi connectivity index (χ0n) is 9.30. The van der Waals surface area contributed by atoms with Crippen LogP contribution in [-0.4, -0.2) is 38.9 Å². The fourth-order valence-electron chi connectivity index (χ4n) is 1.53. The normalized spacial score (nSPS) is 11.1. The van der Waals surface area contributed by atoms with Crippen LogP contribution < -0.4 is 4.74 Å². The zero-order valence-corrected chi connectivity index (χ0v) is 9.30. The molecule has 96 valence electrons. The van der Waals surface area contributed by atoms with Crippen LogP contribution in [0.5, 0.6) is 5.75 Å². The number of nitrogens with zero attached hydrogens (tertiary/aromatic N) is 3. The maximum Gasteiger partial charge on any atom is 0.341 e. The van der Waals surface area contributed by atoms with Crippen LogP contribution in [0, 0.1) is 0 Å². The van der Waals surface area contributed by atoms with Gasteiger partial charge in [-0.25, -0.2) is 18.6 Å². The maximum absolute atomic E-state index is 12.1. The molecule has 0 amide bonds. The number of halogens is 2. The minimum Gasteiger partial charge on any atom is -0.486 e. The van der Waals surface area contributed by atoms with E-state index in [-0.39, 0.29) is 16.7 Å². The highest BCUT2D eigenvalue weighted by Crippen LogP contribution is 2.28. The quantitative estimate of drug-likeness (QED) is 0.893. The Hall–Kier alpha value is -2.25. The van der Waals surface area contributed by atoms with Gasteiger partial charge in [-0.05, 0) is 0 Å². The van der Waals surface area contributed by atoms with Gasteiger partial charge in [0.25, 0.3) is 6.43 Å². The molecule has 2 rings (SSSR count). The van der Waals surface area contributed by atoms with Crippen molar-refractivity contribution in [3.63, 3.8) is 0 Å². The molecule has 0 radical (unpaired) electrons. The second-order valence-corrected chi connectivity index (χ2v) is 3.51. The molecule has 2 aromatic heterocycles. The second-order valence-electron chi connectivity index (χ2n) is 3.51. The highest BCUT2D eigenvalue weighted by molar-refractivity contribution is 5.97. The Morgan fingerprint density at radius 2 is 2.28 bits per heavy atom. The summed E-state index contributed by atoms with van der Waals surface area (Å²) in [6, 6.07) is 0. The summed E-state index contributed by atoms with van der Waals surface area (Å²) in [5.41, 5.74) is 0.0976. The molecular weight excluding hydrogens is 248 g/mol. The lowest BCUT2D eigenvalue weighted by Gasteiger charge is -2.09. The van der Waals surface area contributed by atoms with Gasteiger partial charge in [0.15, 0.2) is 5.65 Å². The van der Waals surface area contributed by atoms with E-state index in [4.69, 9.17) is 9.84 Å². The number of rotatable bonds is 4. The molecule has 0 fully saturated rings. The average molecular weight is 257 g/mol. The first-order valence-corrected chi connectivity index (χ1v) is 4.95. The molecule has 0 bridgehead atoms. The molecule has 2 aromatic rings. The van der Waals surface area contributed by atoms with Crippen molar-refractivity contribution in [1.82, 2.24) is 14.8 Å². The number of carbonyl (C=O) groups is 1. The van der Waals surface area contributed by atoms with Crippen LogP contribution in [-0.2, 0) is 7.05 Å². The molecule has 6 nitrogen and oxygen atoms in total. The smallest absolute Gasteiger partial charge is 0.341 e. The third kappa shape index (κ3) is 2.08. The van der Waals surface area contributed by atoms with Crippen molar-refractivity contribution in [2.75, 3.05) is 6.61 Å². The highest BCUT2D eigenvalue weighted by atomic mass is 19.3. The van der Waals surface area contributed by atoms with Crippen LogP contribution in [0.3, 0.4) is 0 Å². The second kappa shape index (κ2) is 4.55. The molecule has 1 N–H and O–H groups in total. The number of hydrogen-bond acceptors (Lipinski definition) is 4. The van der Waals surface area contributed by atoms with E-state index < -0.39 is 19.0 Å². The lowest BCUT2D eigenvalue weighted by molar-refractivity contribution is 0.0666. The van der Waals surface area contributed by atoms with E-state index in [1.807, 2.05) is 0 Å². The van der Waals surface area contributed by atoms with Gasteiger partial charge in [0.1, 0.15) is 17.9 Å². The van der Waals surface area contributed by atoms with Gasteiger partial charge in [0, 0.05) is 13.2 Å². The molecule has 0 saturated carbocycles. The largest absolute Gasteiger partial charge is 0.486 e. The van der Waals surface area contributed by atoms with Gasteiger partial charge < -0.3 is 9.84 Å². The monoisotopic (exact) mass is 257 g/mol. The van der Waals surface area contributed by atoms with E-state index in [9.17, 15) is 13.6 Å². The molecule has 8 heteroatoms. The minimum atomic E-state index is -2.69. The Morgan fingerprint density at radius 1 is 1.56 bits per heavy atom. The number of alkyl halides is 2. The van der Waals surface area contributed by atoms with Crippen LogP contribution in [0.4, 0.5) is 8.78 Å². The predicted octanol–water partition coefficient (Wildman–Crippen LogP) is 1.31. The van der Waals surface area contributed by atoms with Crippen LogP contribution in [0.15, 0.2) is 12.4 Å². The van der Waals surface area contributed by atoms with Crippen molar-refractivity contribution in [1.29, 1.82) is 0 Å². The maximum atomic E-state index is 12.1. The highest BCUT2D eigenvalue weighted by Gasteiger charge is 2.19. The molecule has 0 unspecified atom stereocenters. The third-order valence-electron chi connectivity index (χ3n) is 2.30. The summed E-state index contributed by atoms with van der Waals surface area (Å²) in [5.74, 6) is -1.43. The number of fused-ring (bicyclic) bond motifs is 1. The zero-order chi connectivity index (χ0) is 13.3.